The molecule has 0 aromatic rings. The van der Waals surface area contributed by atoms with Crippen molar-refractivity contribution in [2.75, 3.05) is 6.54 Å². The van der Waals surface area contributed by atoms with E-state index in [0.717, 1.165) is 0 Å². The second-order valence-electron chi connectivity index (χ2n) is 3.78. The van der Waals surface area contributed by atoms with Crippen LogP contribution in [0.25, 0.3) is 0 Å². The second-order valence-corrected chi connectivity index (χ2v) is 3.78. The minimum absolute atomic E-state index is 0.0127. The molecule has 0 fully saturated rings. The Hall–Kier alpha value is -0.780. The van der Waals surface area contributed by atoms with E-state index in [2.05, 4.69) is 5.32 Å². The molecule has 0 aromatic carbocycles. The predicted molar refractivity (Wildman–Crippen MR) is 51.1 cm³/mol. The number of nitrogens with two attached hydrogens (primary N) is 1. The normalized spacial score (nSPS) is 14.1. The number of carbonyl (C=O) groups is 1. The van der Waals surface area contributed by atoms with Gasteiger partial charge in [-0.15, -0.1) is 0 Å². The van der Waals surface area contributed by atoms with Crippen molar-refractivity contribution in [1.82, 2.24) is 5.32 Å². The lowest BCUT2D eigenvalue weighted by atomic mass is 10.1. The summed E-state index contributed by atoms with van der Waals surface area (Å²) in [5, 5.41) is 2.37. The van der Waals surface area contributed by atoms with E-state index in [1.807, 2.05) is 0 Å². The van der Waals surface area contributed by atoms with Crippen LogP contribution in [0, 0.1) is 5.92 Å². The molecule has 0 aliphatic rings. The Balaban J connectivity index is 3.65. The first-order valence-electron chi connectivity index (χ1n) is 4.84. The van der Waals surface area contributed by atoms with Gasteiger partial charge in [-0.3, -0.25) is 4.79 Å². The highest BCUT2D eigenvalue weighted by Crippen LogP contribution is 2.20. The van der Waals surface area contributed by atoms with E-state index in [1.54, 1.807) is 13.8 Å². The number of carbonyl (C=O) groups excluding carboxylic acids is 1. The zero-order chi connectivity index (χ0) is 12.1. The average Bonchev–Trinajstić information content (AvgIpc) is 2.09. The SMILES string of the molecule is CC(C)C(N)C(=O)NCCCC(F)(F)F. The molecule has 1 unspecified atom stereocenters. The fraction of sp³-hybridized carbons (Fsp3) is 0.889. The third kappa shape index (κ3) is 7.18. The van der Waals surface area contributed by atoms with E-state index in [-0.39, 0.29) is 18.9 Å². The molecule has 0 aliphatic heterocycles. The summed E-state index contributed by atoms with van der Waals surface area (Å²) >= 11 is 0. The number of halogens is 3. The van der Waals surface area contributed by atoms with Crippen LogP contribution in [0.5, 0.6) is 0 Å². The van der Waals surface area contributed by atoms with Crippen LogP contribution in [0.15, 0.2) is 0 Å². The molecular formula is C9H17F3N2O. The molecular weight excluding hydrogens is 209 g/mol. The first-order chi connectivity index (χ1) is 6.74. The lowest BCUT2D eigenvalue weighted by Crippen LogP contribution is -2.44. The van der Waals surface area contributed by atoms with E-state index in [1.165, 1.54) is 0 Å². The molecule has 0 rings (SSSR count). The van der Waals surface area contributed by atoms with E-state index in [4.69, 9.17) is 5.73 Å². The fourth-order valence-electron chi connectivity index (χ4n) is 0.921. The molecule has 6 heteroatoms. The smallest absolute Gasteiger partial charge is 0.355 e. The topological polar surface area (TPSA) is 55.1 Å². The molecule has 0 heterocycles. The maximum absolute atomic E-state index is 11.7. The number of alkyl halides is 3. The predicted octanol–water partition coefficient (Wildman–Crippen LogP) is 1.43. The van der Waals surface area contributed by atoms with Crippen molar-refractivity contribution in [3.8, 4) is 0 Å². The largest absolute Gasteiger partial charge is 0.389 e. The summed E-state index contributed by atoms with van der Waals surface area (Å²) in [7, 11) is 0. The van der Waals surface area contributed by atoms with Crippen molar-refractivity contribution in [2.45, 2.75) is 38.9 Å². The monoisotopic (exact) mass is 226 g/mol. The summed E-state index contributed by atoms with van der Waals surface area (Å²) < 4.78 is 35.2. The van der Waals surface area contributed by atoms with Gasteiger partial charge < -0.3 is 11.1 Å². The van der Waals surface area contributed by atoms with Crippen molar-refractivity contribution < 1.29 is 18.0 Å². The molecule has 0 spiro atoms. The Bertz CT molecular complexity index is 204. The zero-order valence-corrected chi connectivity index (χ0v) is 8.90. The third-order valence-corrected chi connectivity index (χ3v) is 1.96. The average molecular weight is 226 g/mol. The van der Waals surface area contributed by atoms with Crippen LogP contribution in [0.1, 0.15) is 26.7 Å². The van der Waals surface area contributed by atoms with Gasteiger partial charge in [0.15, 0.2) is 0 Å². The molecule has 1 atom stereocenters. The molecule has 0 saturated carbocycles. The molecule has 3 nitrogen and oxygen atoms in total. The van der Waals surface area contributed by atoms with Crippen LogP contribution in [0.2, 0.25) is 0 Å². The summed E-state index contributed by atoms with van der Waals surface area (Å²) in [6.45, 7) is 3.57. The van der Waals surface area contributed by atoms with Gasteiger partial charge in [0, 0.05) is 13.0 Å². The van der Waals surface area contributed by atoms with Crippen molar-refractivity contribution in [3.05, 3.63) is 0 Å². The first-order valence-corrected chi connectivity index (χ1v) is 4.84. The van der Waals surface area contributed by atoms with Crippen LogP contribution in [0.3, 0.4) is 0 Å². The molecule has 0 aromatic heterocycles. The summed E-state index contributed by atoms with van der Waals surface area (Å²) in [6, 6.07) is -0.657. The Kier molecular flexibility index (Phi) is 5.64. The highest BCUT2D eigenvalue weighted by atomic mass is 19.4. The lowest BCUT2D eigenvalue weighted by Gasteiger charge is -2.15. The molecule has 15 heavy (non-hydrogen) atoms. The quantitative estimate of drug-likeness (QED) is 0.697. The van der Waals surface area contributed by atoms with Gasteiger partial charge in [-0.1, -0.05) is 13.8 Å². The van der Waals surface area contributed by atoms with Crippen LogP contribution in [-0.4, -0.2) is 24.7 Å². The molecule has 0 radical (unpaired) electrons. The molecule has 0 aliphatic carbocycles. The first kappa shape index (κ1) is 14.2. The number of hydrogen-bond donors (Lipinski definition) is 2. The summed E-state index contributed by atoms with van der Waals surface area (Å²) in [5.74, 6) is -0.417. The van der Waals surface area contributed by atoms with E-state index in [9.17, 15) is 18.0 Å². The Morgan fingerprint density at radius 3 is 2.33 bits per heavy atom. The van der Waals surface area contributed by atoms with Crippen molar-refractivity contribution >= 4 is 5.91 Å². The molecule has 90 valence electrons. The minimum atomic E-state index is -4.16. The van der Waals surface area contributed by atoms with Gasteiger partial charge in [0.2, 0.25) is 5.91 Å². The van der Waals surface area contributed by atoms with Gasteiger partial charge in [0.1, 0.15) is 0 Å². The number of rotatable bonds is 5. The Morgan fingerprint density at radius 1 is 1.40 bits per heavy atom. The highest BCUT2D eigenvalue weighted by Gasteiger charge is 2.26. The Morgan fingerprint density at radius 2 is 1.93 bits per heavy atom. The zero-order valence-electron chi connectivity index (χ0n) is 8.90. The van der Waals surface area contributed by atoms with E-state index in [0.29, 0.717) is 0 Å². The van der Waals surface area contributed by atoms with Crippen LogP contribution in [-0.2, 0) is 4.79 Å². The van der Waals surface area contributed by atoms with E-state index < -0.39 is 24.5 Å². The highest BCUT2D eigenvalue weighted by molar-refractivity contribution is 5.81. The van der Waals surface area contributed by atoms with E-state index >= 15 is 0 Å². The molecule has 0 bridgehead atoms. The van der Waals surface area contributed by atoms with Crippen LogP contribution in [0.4, 0.5) is 13.2 Å². The van der Waals surface area contributed by atoms with Gasteiger partial charge in [-0.25, -0.2) is 0 Å². The van der Waals surface area contributed by atoms with Gasteiger partial charge in [0.25, 0.3) is 0 Å². The second kappa shape index (κ2) is 5.95. The standard InChI is InChI=1S/C9H17F3N2O/c1-6(2)7(13)8(15)14-5-3-4-9(10,11)12/h6-7H,3-5,13H2,1-2H3,(H,14,15). The summed E-state index contributed by atoms with van der Waals surface area (Å²) in [4.78, 5) is 11.2. The fourth-order valence-corrected chi connectivity index (χ4v) is 0.921. The minimum Gasteiger partial charge on any atom is -0.355 e. The maximum Gasteiger partial charge on any atom is 0.389 e. The number of nitrogens with one attached hydrogen (secondary N) is 1. The molecule has 1 amide bonds. The third-order valence-electron chi connectivity index (χ3n) is 1.96. The number of amides is 1. The summed E-state index contributed by atoms with van der Waals surface area (Å²) in [5.41, 5.74) is 5.49. The molecule has 0 saturated heterocycles. The number of hydrogen-bond acceptors (Lipinski definition) is 2. The van der Waals surface area contributed by atoms with Gasteiger partial charge >= 0.3 is 6.18 Å². The van der Waals surface area contributed by atoms with Gasteiger partial charge in [-0.2, -0.15) is 13.2 Å². The van der Waals surface area contributed by atoms with Crippen LogP contribution < -0.4 is 11.1 Å². The maximum atomic E-state index is 11.7. The summed E-state index contributed by atoms with van der Waals surface area (Å²) in [6.07, 6.45) is -5.16. The van der Waals surface area contributed by atoms with Crippen molar-refractivity contribution in [3.63, 3.8) is 0 Å². The van der Waals surface area contributed by atoms with Crippen LogP contribution >= 0.6 is 0 Å². The molecule has 3 N–H and O–H groups in total. The van der Waals surface area contributed by atoms with Crippen molar-refractivity contribution in [1.29, 1.82) is 0 Å². The van der Waals surface area contributed by atoms with Gasteiger partial charge in [0.05, 0.1) is 6.04 Å². The van der Waals surface area contributed by atoms with Gasteiger partial charge in [-0.05, 0) is 12.3 Å². The van der Waals surface area contributed by atoms with Crippen molar-refractivity contribution in [2.24, 2.45) is 11.7 Å². The lowest BCUT2D eigenvalue weighted by molar-refractivity contribution is -0.136. The Labute approximate surface area is 87.2 Å².